The van der Waals surface area contributed by atoms with Gasteiger partial charge in [-0.1, -0.05) is 6.92 Å². The number of imidazole rings is 1. The molecule has 0 N–H and O–H groups in total. The molecule has 0 saturated heterocycles. The van der Waals surface area contributed by atoms with Gasteiger partial charge < -0.3 is 9.14 Å². The molecule has 0 saturated carbocycles. The van der Waals surface area contributed by atoms with Gasteiger partial charge in [0.2, 0.25) is 0 Å². The van der Waals surface area contributed by atoms with Gasteiger partial charge in [0.1, 0.15) is 5.56 Å². The minimum atomic E-state index is -0.353. The Kier molecular flexibility index (Phi) is 2.41. The quantitative estimate of drug-likeness (QED) is 0.699. The van der Waals surface area contributed by atoms with E-state index < -0.39 is 0 Å². The highest BCUT2D eigenvalue weighted by molar-refractivity contribution is 5.95. The number of aryl methyl sites for hydroxylation is 1. The van der Waals surface area contributed by atoms with Gasteiger partial charge in [0.15, 0.2) is 5.65 Å². The van der Waals surface area contributed by atoms with Crippen molar-refractivity contribution >= 4 is 11.6 Å². The third-order valence-corrected chi connectivity index (χ3v) is 2.38. The van der Waals surface area contributed by atoms with Gasteiger partial charge in [-0.3, -0.25) is 0 Å². The first kappa shape index (κ1) is 9.71. The summed E-state index contributed by atoms with van der Waals surface area (Å²) in [5.74, 6) is -0.353. The molecule has 0 aliphatic heterocycles. The fraction of sp³-hybridized carbons (Fsp3) is 0.273. The molecular weight excluding hydrogens is 192 g/mol. The molecule has 15 heavy (non-hydrogen) atoms. The summed E-state index contributed by atoms with van der Waals surface area (Å²) < 4.78 is 6.60. The molecular formula is C11H12N2O2. The third kappa shape index (κ3) is 1.48. The number of hydrogen-bond donors (Lipinski definition) is 0. The molecule has 0 aliphatic rings. The molecule has 2 heterocycles. The van der Waals surface area contributed by atoms with Gasteiger partial charge in [-0.25, -0.2) is 9.78 Å². The number of rotatable bonds is 2. The zero-order chi connectivity index (χ0) is 10.8. The van der Waals surface area contributed by atoms with E-state index in [1.165, 1.54) is 7.11 Å². The summed E-state index contributed by atoms with van der Waals surface area (Å²) in [6, 6.07) is 3.54. The number of carbonyl (C=O) groups excluding carboxylic acids is 1. The van der Waals surface area contributed by atoms with Gasteiger partial charge in [-0.2, -0.15) is 0 Å². The van der Waals surface area contributed by atoms with Crippen molar-refractivity contribution in [3.05, 3.63) is 35.8 Å². The fourth-order valence-electron chi connectivity index (χ4n) is 1.59. The van der Waals surface area contributed by atoms with Crippen molar-refractivity contribution in [2.24, 2.45) is 0 Å². The summed E-state index contributed by atoms with van der Waals surface area (Å²) in [4.78, 5) is 15.7. The second kappa shape index (κ2) is 3.73. The maximum Gasteiger partial charge on any atom is 0.341 e. The molecule has 0 radical (unpaired) electrons. The van der Waals surface area contributed by atoms with Crippen LogP contribution in [0.2, 0.25) is 0 Å². The standard InChI is InChI=1S/C11H12N2O2/c1-3-8-7-12-10-9(11(14)15-2)5-4-6-13(8)10/h4-7H,3H2,1-2H3. The Morgan fingerprint density at radius 2 is 2.40 bits per heavy atom. The van der Waals surface area contributed by atoms with E-state index in [1.807, 2.05) is 23.6 Å². The first-order valence-electron chi connectivity index (χ1n) is 4.81. The predicted octanol–water partition coefficient (Wildman–Crippen LogP) is 1.68. The maximum absolute atomic E-state index is 11.4. The van der Waals surface area contributed by atoms with Crippen molar-refractivity contribution in [2.75, 3.05) is 7.11 Å². The van der Waals surface area contributed by atoms with Gasteiger partial charge in [0, 0.05) is 18.1 Å². The van der Waals surface area contributed by atoms with Crippen LogP contribution in [-0.4, -0.2) is 22.5 Å². The van der Waals surface area contributed by atoms with Crippen molar-refractivity contribution in [2.45, 2.75) is 13.3 Å². The zero-order valence-electron chi connectivity index (χ0n) is 8.73. The molecule has 2 rings (SSSR count). The van der Waals surface area contributed by atoms with Crippen molar-refractivity contribution in [3.63, 3.8) is 0 Å². The Bertz CT molecular complexity index is 502. The topological polar surface area (TPSA) is 43.6 Å². The maximum atomic E-state index is 11.4. The number of fused-ring (bicyclic) bond motifs is 1. The second-order valence-corrected chi connectivity index (χ2v) is 3.21. The number of carbonyl (C=O) groups is 1. The van der Waals surface area contributed by atoms with Crippen molar-refractivity contribution in [3.8, 4) is 0 Å². The Balaban J connectivity index is 2.67. The van der Waals surface area contributed by atoms with Gasteiger partial charge in [0.25, 0.3) is 0 Å². The minimum absolute atomic E-state index is 0.353. The monoisotopic (exact) mass is 204 g/mol. The Morgan fingerprint density at radius 3 is 3.07 bits per heavy atom. The average molecular weight is 204 g/mol. The van der Waals surface area contributed by atoms with Crippen molar-refractivity contribution in [1.82, 2.24) is 9.38 Å². The van der Waals surface area contributed by atoms with Gasteiger partial charge in [0.05, 0.1) is 7.11 Å². The van der Waals surface area contributed by atoms with Gasteiger partial charge in [-0.15, -0.1) is 0 Å². The average Bonchev–Trinajstić information content (AvgIpc) is 2.70. The lowest BCUT2D eigenvalue weighted by molar-refractivity contribution is 0.0602. The van der Waals surface area contributed by atoms with Crippen LogP contribution in [0.4, 0.5) is 0 Å². The number of nitrogens with zero attached hydrogens (tertiary/aromatic N) is 2. The molecule has 2 aromatic heterocycles. The Hall–Kier alpha value is -1.84. The van der Waals surface area contributed by atoms with E-state index in [0.717, 1.165) is 12.1 Å². The first-order valence-corrected chi connectivity index (χ1v) is 4.81. The van der Waals surface area contributed by atoms with E-state index in [-0.39, 0.29) is 5.97 Å². The summed E-state index contributed by atoms with van der Waals surface area (Å²) in [6.45, 7) is 2.05. The lowest BCUT2D eigenvalue weighted by Gasteiger charge is -2.02. The summed E-state index contributed by atoms with van der Waals surface area (Å²) in [7, 11) is 1.37. The van der Waals surface area contributed by atoms with Crippen LogP contribution in [0.5, 0.6) is 0 Å². The van der Waals surface area contributed by atoms with Crippen LogP contribution in [0.25, 0.3) is 5.65 Å². The van der Waals surface area contributed by atoms with Crippen LogP contribution < -0.4 is 0 Å². The van der Waals surface area contributed by atoms with Crippen molar-refractivity contribution < 1.29 is 9.53 Å². The van der Waals surface area contributed by atoms with E-state index in [4.69, 9.17) is 4.74 Å². The fourth-order valence-corrected chi connectivity index (χ4v) is 1.59. The molecule has 0 unspecified atom stereocenters. The third-order valence-electron chi connectivity index (χ3n) is 2.38. The van der Waals surface area contributed by atoms with E-state index in [2.05, 4.69) is 4.98 Å². The highest BCUT2D eigenvalue weighted by atomic mass is 16.5. The molecule has 4 heteroatoms. The van der Waals surface area contributed by atoms with Gasteiger partial charge >= 0.3 is 5.97 Å². The summed E-state index contributed by atoms with van der Waals surface area (Å²) in [5, 5.41) is 0. The second-order valence-electron chi connectivity index (χ2n) is 3.21. The van der Waals surface area contributed by atoms with Crippen LogP contribution in [-0.2, 0) is 11.2 Å². The molecule has 0 aliphatic carbocycles. The Labute approximate surface area is 87.5 Å². The molecule has 2 aromatic rings. The molecule has 0 fully saturated rings. The Morgan fingerprint density at radius 1 is 1.60 bits per heavy atom. The number of hydrogen-bond acceptors (Lipinski definition) is 3. The number of methoxy groups -OCH3 is 1. The predicted molar refractivity (Wildman–Crippen MR) is 55.9 cm³/mol. The number of esters is 1. The number of pyridine rings is 1. The van der Waals surface area contributed by atoms with Crippen molar-refractivity contribution in [1.29, 1.82) is 0 Å². The molecule has 4 nitrogen and oxygen atoms in total. The highest BCUT2D eigenvalue weighted by Crippen LogP contribution is 2.13. The first-order chi connectivity index (χ1) is 7.27. The molecule has 78 valence electrons. The SMILES string of the molecule is CCc1cnc2c(C(=O)OC)cccn12. The highest BCUT2D eigenvalue weighted by Gasteiger charge is 2.12. The van der Waals surface area contributed by atoms with Crippen LogP contribution in [0, 0.1) is 0 Å². The van der Waals surface area contributed by atoms with Crippen LogP contribution in [0.15, 0.2) is 24.5 Å². The zero-order valence-corrected chi connectivity index (χ0v) is 8.73. The van der Waals surface area contributed by atoms with E-state index >= 15 is 0 Å². The van der Waals surface area contributed by atoms with Crippen LogP contribution >= 0.6 is 0 Å². The summed E-state index contributed by atoms with van der Waals surface area (Å²) in [6.07, 6.45) is 4.56. The molecule has 0 spiro atoms. The molecule has 0 aromatic carbocycles. The van der Waals surface area contributed by atoms with Crippen LogP contribution in [0.1, 0.15) is 23.0 Å². The van der Waals surface area contributed by atoms with E-state index in [9.17, 15) is 4.79 Å². The lowest BCUT2D eigenvalue weighted by Crippen LogP contribution is -2.04. The normalized spacial score (nSPS) is 10.5. The van der Waals surface area contributed by atoms with E-state index in [1.54, 1.807) is 12.3 Å². The molecule has 0 bridgehead atoms. The van der Waals surface area contributed by atoms with Gasteiger partial charge in [-0.05, 0) is 18.6 Å². The summed E-state index contributed by atoms with van der Waals surface area (Å²) in [5.41, 5.74) is 2.23. The summed E-state index contributed by atoms with van der Waals surface area (Å²) >= 11 is 0. The molecule has 0 atom stereocenters. The minimum Gasteiger partial charge on any atom is -0.465 e. The van der Waals surface area contributed by atoms with Crippen LogP contribution in [0.3, 0.4) is 0 Å². The largest absolute Gasteiger partial charge is 0.465 e. The number of ether oxygens (including phenoxy) is 1. The van der Waals surface area contributed by atoms with E-state index in [0.29, 0.717) is 11.2 Å². The smallest absolute Gasteiger partial charge is 0.341 e. The lowest BCUT2D eigenvalue weighted by atomic mass is 10.2. The molecule has 0 amide bonds. The number of aromatic nitrogens is 2.